The first-order valence-electron chi connectivity index (χ1n) is 7.68. The average Bonchev–Trinajstić information content (AvgIpc) is 2.52. The van der Waals surface area contributed by atoms with E-state index >= 15 is 0 Å². The van der Waals surface area contributed by atoms with E-state index in [-0.39, 0.29) is 5.71 Å². The van der Waals surface area contributed by atoms with Crippen molar-refractivity contribution < 1.29 is 9.53 Å². The molecular formula is C18H22N4O2. The summed E-state index contributed by atoms with van der Waals surface area (Å²) >= 11 is 0. The Morgan fingerprint density at radius 3 is 2.29 bits per heavy atom. The van der Waals surface area contributed by atoms with E-state index in [1.165, 1.54) is 0 Å². The van der Waals surface area contributed by atoms with Gasteiger partial charge in [0.05, 0.1) is 0 Å². The normalized spacial score (nSPS) is 12.3. The Morgan fingerprint density at radius 1 is 1.17 bits per heavy atom. The zero-order chi connectivity index (χ0) is 17.7. The summed E-state index contributed by atoms with van der Waals surface area (Å²) in [7, 11) is 0. The number of nitrogens with one attached hydrogen (secondary N) is 2. The predicted molar refractivity (Wildman–Crippen MR) is 93.1 cm³/mol. The molecule has 0 radical (unpaired) electrons. The molecule has 0 aliphatic rings. The maximum Gasteiger partial charge on any atom is 0.355 e. The van der Waals surface area contributed by atoms with Crippen molar-refractivity contribution in [1.29, 1.82) is 5.41 Å². The lowest BCUT2D eigenvalue weighted by Crippen LogP contribution is -2.34. The minimum Gasteiger partial charge on any atom is -0.455 e. The number of rotatable bonds is 5. The van der Waals surface area contributed by atoms with Crippen molar-refractivity contribution in [3.05, 3.63) is 53.9 Å². The third-order valence-corrected chi connectivity index (χ3v) is 3.16. The van der Waals surface area contributed by atoms with Gasteiger partial charge in [-0.25, -0.2) is 14.8 Å². The molecule has 1 aromatic heterocycles. The van der Waals surface area contributed by atoms with E-state index in [0.29, 0.717) is 5.95 Å². The van der Waals surface area contributed by atoms with Gasteiger partial charge in [0.15, 0.2) is 0 Å². The van der Waals surface area contributed by atoms with Gasteiger partial charge in [-0.15, -0.1) is 0 Å². The average molecular weight is 326 g/mol. The Morgan fingerprint density at radius 2 is 1.75 bits per heavy atom. The highest BCUT2D eigenvalue weighted by Gasteiger charge is 2.28. The summed E-state index contributed by atoms with van der Waals surface area (Å²) in [6, 6.07) is 8.61. The smallest absolute Gasteiger partial charge is 0.355 e. The maximum absolute atomic E-state index is 12.3. The van der Waals surface area contributed by atoms with Crippen molar-refractivity contribution in [2.75, 3.05) is 5.32 Å². The fourth-order valence-corrected chi connectivity index (χ4v) is 2.03. The van der Waals surface area contributed by atoms with Crippen molar-refractivity contribution in [1.82, 2.24) is 9.97 Å². The number of carbonyl (C=O) groups is 1. The SMILES string of the molecule is Cc1ccc(C(Nc2ncccn2)C(=N)C(=O)OC(C)(C)C)cc1. The van der Waals surface area contributed by atoms with Crippen LogP contribution in [0.2, 0.25) is 0 Å². The third kappa shape index (κ3) is 4.87. The number of ether oxygens (including phenoxy) is 1. The van der Waals surface area contributed by atoms with Gasteiger partial charge in [0.2, 0.25) is 5.95 Å². The van der Waals surface area contributed by atoms with Crippen molar-refractivity contribution >= 4 is 17.6 Å². The predicted octanol–water partition coefficient (Wildman–Crippen LogP) is 3.30. The third-order valence-electron chi connectivity index (χ3n) is 3.16. The van der Waals surface area contributed by atoms with Gasteiger partial charge in [-0.05, 0) is 39.3 Å². The minimum absolute atomic E-state index is 0.193. The molecular weight excluding hydrogens is 304 g/mol. The molecule has 24 heavy (non-hydrogen) atoms. The minimum atomic E-state index is -0.692. The first-order chi connectivity index (χ1) is 11.3. The van der Waals surface area contributed by atoms with Crippen LogP contribution in [0, 0.1) is 12.3 Å². The van der Waals surface area contributed by atoms with Crippen LogP contribution >= 0.6 is 0 Å². The lowest BCUT2D eigenvalue weighted by Gasteiger charge is -2.24. The maximum atomic E-state index is 12.3. The molecule has 0 saturated carbocycles. The highest BCUT2D eigenvalue weighted by molar-refractivity contribution is 6.37. The van der Waals surface area contributed by atoms with Gasteiger partial charge in [0.25, 0.3) is 0 Å². The molecule has 1 atom stereocenters. The van der Waals surface area contributed by atoms with Crippen LogP contribution in [0.5, 0.6) is 0 Å². The number of aromatic nitrogens is 2. The molecule has 6 nitrogen and oxygen atoms in total. The van der Waals surface area contributed by atoms with Gasteiger partial charge in [-0.3, -0.25) is 5.41 Å². The van der Waals surface area contributed by atoms with Crippen molar-refractivity contribution in [2.24, 2.45) is 0 Å². The fourth-order valence-electron chi connectivity index (χ4n) is 2.03. The highest BCUT2D eigenvalue weighted by Crippen LogP contribution is 2.21. The van der Waals surface area contributed by atoms with Crippen LogP contribution in [-0.4, -0.2) is 27.2 Å². The van der Waals surface area contributed by atoms with Crippen molar-refractivity contribution in [2.45, 2.75) is 39.3 Å². The van der Waals surface area contributed by atoms with Crippen LogP contribution in [0.3, 0.4) is 0 Å². The topological polar surface area (TPSA) is 88.0 Å². The zero-order valence-electron chi connectivity index (χ0n) is 14.3. The quantitative estimate of drug-likeness (QED) is 0.650. The Bertz CT molecular complexity index is 706. The van der Waals surface area contributed by atoms with Gasteiger partial charge in [0, 0.05) is 12.4 Å². The standard InChI is InChI=1S/C18H22N4O2/c1-12-6-8-13(9-7-12)15(22-17-20-10-5-11-21-17)14(19)16(23)24-18(2,3)4/h5-11,15,19H,1-4H3,(H,20,21,22). The molecule has 6 heteroatoms. The van der Waals surface area contributed by atoms with E-state index in [4.69, 9.17) is 10.1 Å². The fraction of sp³-hybridized carbons (Fsp3) is 0.333. The molecule has 126 valence electrons. The van der Waals surface area contributed by atoms with Gasteiger partial charge >= 0.3 is 5.97 Å². The van der Waals surface area contributed by atoms with E-state index in [1.54, 1.807) is 39.2 Å². The van der Waals surface area contributed by atoms with E-state index in [0.717, 1.165) is 11.1 Å². The summed E-state index contributed by atoms with van der Waals surface area (Å²) < 4.78 is 5.32. The van der Waals surface area contributed by atoms with E-state index in [9.17, 15) is 4.79 Å². The summed E-state index contributed by atoms with van der Waals surface area (Å²) in [4.78, 5) is 20.5. The number of esters is 1. The number of nitrogens with zero attached hydrogens (tertiary/aromatic N) is 2. The first-order valence-corrected chi connectivity index (χ1v) is 7.68. The molecule has 2 aromatic rings. The number of hydrogen-bond donors (Lipinski definition) is 2. The monoisotopic (exact) mass is 326 g/mol. The Balaban J connectivity index is 2.30. The first kappa shape index (κ1) is 17.6. The molecule has 0 aliphatic carbocycles. The van der Waals surface area contributed by atoms with Crippen molar-refractivity contribution in [3.63, 3.8) is 0 Å². The molecule has 0 amide bonds. The molecule has 0 bridgehead atoms. The van der Waals surface area contributed by atoms with Crippen LogP contribution in [0.1, 0.15) is 37.9 Å². The number of hydrogen-bond acceptors (Lipinski definition) is 6. The molecule has 0 spiro atoms. The summed E-state index contributed by atoms with van der Waals surface area (Å²) in [6.45, 7) is 7.29. The lowest BCUT2D eigenvalue weighted by atomic mass is 10.0. The molecule has 1 unspecified atom stereocenters. The molecule has 2 N–H and O–H groups in total. The number of benzene rings is 1. The molecule has 2 rings (SSSR count). The van der Waals surface area contributed by atoms with Crippen LogP contribution < -0.4 is 5.32 Å². The molecule has 0 aliphatic heterocycles. The number of aryl methyl sites for hydroxylation is 1. The molecule has 0 fully saturated rings. The number of carbonyl (C=O) groups excluding carboxylic acids is 1. The lowest BCUT2D eigenvalue weighted by molar-refractivity contribution is -0.146. The second kappa shape index (κ2) is 7.21. The summed E-state index contributed by atoms with van der Waals surface area (Å²) in [5.74, 6) is -0.326. The van der Waals surface area contributed by atoms with Crippen molar-refractivity contribution in [3.8, 4) is 0 Å². The Hall–Kier alpha value is -2.76. The van der Waals surface area contributed by atoms with Gasteiger partial charge < -0.3 is 10.1 Å². The Kier molecular flexibility index (Phi) is 5.28. The second-order valence-electron chi connectivity index (χ2n) is 6.48. The second-order valence-corrected chi connectivity index (χ2v) is 6.48. The number of anilines is 1. The van der Waals surface area contributed by atoms with E-state index in [1.807, 2.05) is 31.2 Å². The van der Waals surface area contributed by atoms with Crippen LogP contribution in [0.4, 0.5) is 5.95 Å². The van der Waals surface area contributed by atoms with Crippen LogP contribution in [0.15, 0.2) is 42.7 Å². The largest absolute Gasteiger partial charge is 0.455 e. The van der Waals surface area contributed by atoms with Crippen LogP contribution in [-0.2, 0) is 9.53 Å². The van der Waals surface area contributed by atoms with Gasteiger partial charge in [-0.1, -0.05) is 29.8 Å². The van der Waals surface area contributed by atoms with Gasteiger partial charge in [-0.2, -0.15) is 0 Å². The Labute approximate surface area is 141 Å². The molecule has 1 heterocycles. The summed E-state index contributed by atoms with van der Waals surface area (Å²) in [5, 5.41) is 11.3. The zero-order valence-corrected chi connectivity index (χ0v) is 14.3. The summed E-state index contributed by atoms with van der Waals surface area (Å²) in [5.41, 5.74) is 1.01. The highest BCUT2D eigenvalue weighted by atomic mass is 16.6. The van der Waals surface area contributed by atoms with Crippen LogP contribution in [0.25, 0.3) is 0 Å². The molecule has 0 saturated heterocycles. The summed E-state index contributed by atoms with van der Waals surface area (Å²) in [6.07, 6.45) is 3.19. The van der Waals surface area contributed by atoms with E-state index in [2.05, 4.69) is 15.3 Å². The van der Waals surface area contributed by atoms with Gasteiger partial charge in [0.1, 0.15) is 17.4 Å². The molecule has 1 aromatic carbocycles. The van der Waals surface area contributed by atoms with E-state index < -0.39 is 17.6 Å².